The van der Waals surface area contributed by atoms with E-state index in [0.29, 0.717) is 22.7 Å². The minimum absolute atomic E-state index is 0. The van der Waals surface area contributed by atoms with Crippen LogP contribution in [0.3, 0.4) is 0 Å². The number of pyridine rings is 1. The van der Waals surface area contributed by atoms with Crippen molar-refractivity contribution in [2.45, 2.75) is 19.9 Å². The Balaban J connectivity index is 0.00000231. The van der Waals surface area contributed by atoms with Crippen molar-refractivity contribution in [2.75, 3.05) is 11.9 Å². The predicted octanol–water partition coefficient (Wildman–Crippen LogP) is 3.82. The number of hydrogen-bond donors (Lipinski definition) is 2. The minimum Gasteiger partial charge on any atom is -0.331 e. The average Bonchev–Trinajstić information content (AvgIpc) is 3.04. The van der Waals surface area contributed by atoms with Crippen LogP contribution in [-0.2, 0) is 20.0 Å². The zero-order valence-corrected chi connectivity index (χ0v) is 17.7. The van der Waals surface area contributed by atoms with Crippen molar-refractivity contribution in [2.24, 2.45) is 7.05 Å². The minimum atomic E-state index is -0.636. The van der Waals surface area contributed by atoms with Gasteiger partial charge in [0.1, 0.15) is 22.9 Å². The molecule has 0 bridgehead atoms. The molecule has 0 atom stereocenters. The Kier molecular flexibility index (Phi) is 5.55. The van der Waals surface area contributed by atoms with Crippen LogP contribution >= 0.6 is 12.4 Å². The quantitative estimate of drug-likeness (QED) is 0.501. The molecular weight excluding hydrogens is 424 g/mol. The molecule has 31 heavy (non-hydrogen) atoms. The van der Waals surface area contributed by atoms with Crippen LogP contribution in [0.2, 0.25) is 0 Å². The first-order valence-corrected chi connectivity index (χ1v) is 9.61. The molecule has 4 heterocycles. The summed E-state index contributed by atoms with van der Waals surface area (Å²) in [6, 6.07) is 6.75. The Morgan fingerprint density at radius 3 is 2.77 bits per heavy atom. The lowest BCUT2D eigenvalue weighted by molar-refractivity contribution is 0.617. The van der Waals surface area contributed by atoms with Crippen molar-refractivity contribution in [3.63, 3.8) is 0 Å². The van der Waals surface area contributed by atoms with Gasteiger partial charge in [0.05, 0.1) is 11.7 Å². The molecule has 0 fully saturated rings. The molecule has 0 radical (unpaired) electrons. The van der Waals surface area contributed by atoms with E-state index in [4.69, 9.17) is 0 Å². The van der Waals surface area contributed by atoms with Gasteiger partial charge in [-0.1, -0.05) is 6.07 Å². The van der Waals surface area contributed by atoms with Crippen LogP contribution < -0.4 is 10.6 Å². The summed E-state index contributed by atoms with van der Waals surface area (Å²) in [4.78, 5) is 17.1. The normalized spacial score (nSPS) is 13.0. The third kappa shape index (κ3) is 3.82. The number of anilines is 2. The van der Waals surface area contributed by atoms with Crippen LogP contribution in [0.5, 0.6) is 0 Å². The molecule has 5 rings (SSSR count). The van der Waals surface area contributed by atoms with Crippen molar-refractivity contribution >= 4 is 35.2 Å². The number of fused-ring (bicyclic) bond motifs is 2. The molecule has 1 aliphatic heterocycles. The average molecular weight is 444 g/mol. The van der Waals surface area contributed by atoms with E-state index in [9.17, 15) is 8.78 Å². The third-order valence-corrected chi connectivity index (χ3v) is 5.34. The maximum absolute atomic E-state index is 14.6. The maximum atomic E-state index is 14.6. The van der Waals surface area contributed by atoms with E-state index in [-0.39, 0.29) is 29.6 Å². The van der Waals surface area contributed by atoms with Gasteiger partial charge in [0.15, 0.2) is 11.6 Å². The molecule has 0 amide bonds. The van der Waals surface area contributed by atoms with E-state index in [1.54, 1.807) is 24.6 Å². The summed E-state index contributed by atoms with van der Waals surface area (Å²) in [7, 11) is 1.79. The molecule has 3 aromatic heterocycles. The zero-order chi connectivity index (χ0) is 20.8. The van der Waals surface area contributed by atoms with Gasteiger partial charge in [0.25, 0.3) is 0 Å². The molecule has 0 aliphatic carbocycles. The van der Waals surface area contributed by atoms with Gasteiger partial charge in [0.2, 0.25) is 5.95 Å². The van der Waals surface area contributed by atoms with E-state index in [1.165, 1.54) is 6.07 Å². The summed E-state index contributed by atoms with van der Waals surface area (Å²) in [6.07, 6.45) is 1.91. The van der Waals surface area contributed by atoms with Crippen molar-refractivity contribution in [3.8, 4) is 11.3 Å². The highest BCUT2D eigenvalue weighted by Crippen LogP contribution is 2.28. The van der Waals surface area contributed by atoms with Crippen LogP contribution in [-0.4, -0.2) is 31.0 Å². The van der Waals surface area contributed by atoms with E-state index in [1.807, 2.05) is 12.1 Å². The second-order valence-corrected chi connectivity index (χ2v) is 7.29. The lowest BCUT2D eigenvalue weighted by Crippen LogP contribution is -2.24. The molecule has 1 aromatic carbocycles. The lowest BCUT2D eigenvalue weighted by Gasteiger charge is -2.17. The van der Waals surface area contributed by atoms with E-state index >= 15 is 0 Å². The number of imidazole rings is 1. The molecule has 7 nitrogen and oxygen atoms in total. The van der Waals surface area contributed by atoms with Crippen molar-refractivity contribution < 1.29 is 8.78 Å². The number of rotatable bonds is 3. The molecule has 0 saturated carbocycles. The smallest absolute Gasteiger partial charge is 0.229 e. The number of aryl methyl sites for hydroxylation is 2. The Bertz CT molecular complexity index is 1290. The molecule has 0 unspecified atom stereocenters. The molecular formula is C21H20ClF2N7. The van der Waals surface area contributed by atoms with Gasteiger partial charge in [-0.3, -0.25) is 0 Å². The Morgan fingerprint density at radius 2 is 1.94 bits per heavy atom. The van der Waals surface area contributed by atoms with Crippen molar-refractivity contribution in [1.82, 2.24) is 29.8 Å². The van der Waals surface area contributed by atoms with E-state index < -0.39 is 11.6 Å². The van der Waals surface area contributed by atoms with Gasteiger partial charge >= 0.3 is 0 Å². The molecule has 2 N–H and O–H groups in total. The SMILES string of the molecule is Cc1nc2c(F)cc(-c3nc(Nc4ccc5c(n4)CCNC5)ncc3F)cc2n1C.Cl. The number of aromatic nitrogens is 5. The fourth-order valence-corrected chi connectivity index (χ4v) is 3.65. The maximum Gasteiger partial charge on any atom is 0.229 e. The standard InChI is InChI=1S/C21H19F2N7.ClH/c1-11-26-20-14(22)7-13(8-17(20)30(11)2)19-15(23)10-25-21(29-19)28-18-4-3-12-9-24-6-5-16(12)27-18;/h3-4,7-8,10,24H,5-6,9H2,1-2H3,(H,25,27,28,29);1H. The van der Waals surface area contributed by atoms with Gasteiger partial charge in [-0.25, -0.2) is 28.7 Å². The van der Waals surface area contributed by atoms with Crippen LogP contribution in [0.1, 0.15) is 17.1 Å². The summed E-state index contributed by atoms with van der Waals surface area (Å²) >= 11 is 0. The highest BCUT2D eigenvalue weighted by molar-refractivity contribution is 5.85. The molecule has 10 heteroatoms. The Morgan fingerprint density at radius 1 is 1.10 bits per heavy atom. The zero-order valence-electron chi connectivity index (χ0n) is 16.9. The van der Waals surface area contributed by atoms with Gasteiger partial charge in [-0.05, 0) is 30.7 Å². The van der Waals surface area contributed by atoms with E-state index in [0.717, 1.165) is 37.0 Å². The molecule has 0 spiro atoms. The summed E-state index contributed by atoms with van der Waals surface area (Å²) in [5.74, 6) is 0.276. The van der Waals surface area contributed by atoms with Gasteiger partial charge < -0.3 is 15.2 Å². The van der Waals surface area contributed by atoms with Crippen LogP contribution in [0.15, 0.2) is 30.5 Å². The first kappa shape index (κ1) is 21.1. The van der Waals surface area contributed by atoms with Gasteiger partial charge in [-0.15, -0.1) is 12.4 Å². The molecule has 4 aromatic rings. The highest BCUT2D eigenvalue weighted by Gasteiger charge is 2.17. The van der Waals surface area contributed by atoms with Gasteiger partial charge in [-0.2, -0.15) is 0 Å². The summed E-state index contributed by atoms with van der Waals surface area (Å²) < 4.78 is 30.9. The number of hydrogen-bond acceptors (Lipinski definition) is 6. The third-order valence-electron chi connectivity index (χ3n) is 5.34. The van der Waals surface area contributed by atoms with E-state index in [2.05, 4.69) is 30.6 Å². The second kappa shape index (κ2) is 8.16. The number of halogens is 3. The van der Waals surface area contributed by atoms with Crippen LogP contribution in [0.25, 0.3) is 22.3 Å². The Hall–Kier alpha value is -3.17. The van der Waals surface area contributed by atoms with Crippen LogP contribution in [0.4, 0.5) is 20.5 Å². The highest BCUT2D eigenvalue weighted by atomic mass is 35.5. The Labute approximate surface area is 183 Å². The predicted molar refractivity (Wildman–Crippen MR) is 117 cm³/mol. The molecule has 0 saturated heterocycles. The molecule has 160 valence electrons. The summed E-state index contributed by atoms with van der Waals surface area (Å²) in [6.45, 7) is 3.46. The van der Waals surface area contributed by atoms with Gasteiger partial charge in [0, 0.05) is 37.8 Å². The topological polar surface area (TPSA) is 80.6 Å². The van der Waals surface area contributed by atoms with Crippen molar-refractivity contribution in [3.05, 3.63) is 59.2 Å². The van der Waals surface area contributed by atoms with Crippen LogP contribution in [0, 0.1) is 18.6 Å². The molecule has 1 aliphatic rings. The first-order chi connectivity index (χ1) is 14.5. The first-order valence-electron chi connectivity index (χ1n) is 9.61. The number of nitrogens with zero attached hydrogens (tertiary/aromatic N) is 5. The summed E-state index contributed by atoms with van der Waals surface area (Å²) in [5, 5.41) is 6.33. The number of nitrogens with one attached hydrogen (secondary N) is 2. The fourth-order valence-electron chi connectivity index (χ4n) is 3.65. The fraction of sp³-hybridized carbons (Fsp3) is 0.238. The number of benzene rings is 1. The monoisotopic (exact) mass is 443 g/mol. The summed E-state index contributed by atoms with van der Waals surface area (Å²) in [5.41, 5.74) is 3.31. The second-order valence-electron chi connectivity index (χ2n) is 7.29. The lowest BCUT2D eigenvalue weighted by atomic mass is 10.1. The largest absolute Gasteiger partial charge is 0.331 e. The van der Waals surface area contributed by atoms with Crippen molar-refractivity contribution in [1.29, 1.82) is 0 Å².